The van der Waals surface area contributed by atoms with Crippen LogP contribution >= 0.6 is 0 Å². The number of methoxy groups -OCH3 is 1. The highest BCUT2D eigenvalue weighted by Crippen LogP contribution is 2.07. The van der Waals surface area contributed by atoms with E-state index in [1.54, 1.807) is 0 Å². The summed E-state index contributed by atoms with van der Waals surface area (Å²) in [4.78, 5) is 19.1. The Morgan fingerprint density at radius 3 is 2.67 bits per heavy atom. The third-order valence-corrected chi connectivity index (χ3v) is 1.85. The van der Waals surface area contributed by atoms with Crippen molar-refractivity contribution in [3.05, 3.63) is 12.4 Å². The molecule has 5 heteroatoms. The molecule has 5 nitrogen and oxygen atoms in total. The number of hydrogen-bond donors (Lipinski definition) is 1. The van der Waals surface area contributed by atoms with Crippen LogP contribution in [0.1, 0.15) is 26.2 Å². The molecular formula is C10H15N3O2. The standard InChI is InChI=1S/C10H15N3O2/c1-3-4-5-9(14)13-8-6-11-10(15-2)12-7-8/h6-7H,3-5H2,1-2H3,(H,13,14). The summed E-state index contributed by atoms with van der Waals surface area (Å²) in [7, 11) is 1.49. The van der Waals surface area contributed by atoms with Crippen molar-refractivity contribution in [2.75, 3.05) is 12.4 Å². The lowest BCUT2D eigenvalue weighted by Crippen LogP contribution is -2.11. The Morgan fingerprint density at radius 1 is 1.47 bits per heavy atom. The van der Waals surface area contributed by atoms with Gasteiger partial charge < -0.3 is 10.1 Å². The van der Waals surface area contributed by atoms with Crippen molar-refractivity contribution in [3.8, 4) is 6.01 Å². The molecule has 0 aromatic carbocycles. The highest BCUT2D eigenvalue weighted by molar-refractivity contribution is 5.90. The number of unbranched alkanes of at least 4 members (excludes halogenated alkanes) is 1. The molecule has 1 N–H and O–H groups in total. The van der Waals surface area contributed by atoms with E-state index in [2.05, 4.69) is 15.3 Å². The first-order chi connectivity index (χ1) is 7.26. The van der Waals surface area contributed by atoms with Gasteiger partial charge in [0, 0.05) is 6.42 Å². The van der Waals surface area contributed by atoms with Crippen LogP contribution in [0.2, 0.25) is 0 Å². The number of rotatable bonds is 5. The van der Waals surface area contributed by atoms with Gasteiger partial charge in [0.25, 0.3) is 0 Å². The second kappa shape index (κ2) is 5.95. The van der Waals surface area contributed by atoms with Crippen molar-refractivity contribution in [3.63, 3.8) is 0 Å². The highest BCUT2D eigenvalue weighted by atomic mass is 16.5. The van der Waals surface area contributed by atoms with Crippen LogP contribution < -0.4 is 10.1 Å². The monoisotopic (exact) mass is 209 g/mol. The fraction of sp³-hybridized carbons (Fsp3) is 0.500. The minimum atomic E-state index is -0.00869. The van der Waals surface area contributed by atoms with E-state index < -0.39 is 0 Å². The van der Waals surface area contributed by atoms with Gasteiger partial charge in [0.1, 0.15) is 0 Å². The number of amides is 1. The molecule has 0 unspecified atom stereocenters. The van der Waals surface area contributed by atoms with Crippen LogP contribution in [0.15, 0.2) is 12.4 Å². The number of anilines is 1. The lowest BCUT2D eigenvalue weighted by Gasteiger charge is -2.03. The number of nitrogens with one attached hydrogen (secondary N) is 1. The third kappa shape index (κ3) is 3.93. The van der Waals surface area contributed by atoms with Crippen molar-refractivity contribution in [1.82, 2.24) is 9.97 Å². The second-order valence-corrected chi connectivity index (χ2v) is 3.11. The number of nitrogens with zero attached hydrogens (tertiary/aromatic N) is 2. The van der Waals surface area contributed by atoms with E-state index >= 15 is 0 Å². The van der Waals surface area contributed by atoms with E-state index in [-0.39, 0.29) is 5.91 Å². The van der Waals surface area contributed by atoms with Crippen molar-refractivity contribution < 1.29 is 9.53 Å². The van der Waals surface area contributed by atoms with Gasteiger partial charge in [-0.3, -0.25) is 4.79 Å². The maximum atomic E-state index is 11.3. The fourth-order valence-electron chi connectivity index (χ4n) is 1.05. The van der Waals surface area contributed by atoms with Crippen molar-refractivity contribution >= 4 is 11.6 Å². The molecule has 15 heavy (non-hydrogen) atoms. The predicted molar refractivity (Wildman–Crippen MR) is 56.7 cm³/mol. The molecule has 1 aromatic heterocycles. The average molecular weight is 209 g/mol. The summed E-state index contributed by atoms with van der Waals surface area (Å²) in [5.41, 5.74) is 0.594. The van der Waals surface area contributed by atoms with Crippen molar-refractivity contribution in [2.24, 2.45) is 0 Å². The third-order valence-electron chi connectivity index (χ3n) is 1.85. The molecule has 1 aromatic rings. The van der Waals surface area contributed by atoms with Gasteiger partial charge in [0.05, 0.1) is 25.2 Å². The smallest absolute Gasteiger partial charge is 0.316 e. The molecule has 1 amide bonds. The molecule has 0 saturated heterocycles. The first kappa shape index (κ1) is 11.4. The lowest BCUT2D eigenvalue weighted by molar-refractivity contribution is -0.116. The Morgan fingerprint density at radius 2 is 2.13 bits per heavy atom. The predicted octanol–water partition coefficient (Wildman–Crippen LogP) is 1.61. The van der Waals surface area contributed by atoms with Gasteiger partial charge in [0.2, 0.25) is 5.91 Å². The molecule has 0 radical (unpaired) electrons. The van der Waals surface area contributed by atoms with E-state index in [1.165, 1.54) is 19.5 Å². The first-order valence-electron chi connectivity index (χ1n) is 4.92. The molecule has 0 bridgehead atoms. The van der Waals surface area contributed by atoms with E-state index in [4.69, 9.17) is 4.74 Å². The van der Waals surface area contributed by atoms with Crippen molar-refractivity contribution in [1.29, 1.82) is 0 Å². The van der Waals surface area contributed by atoms with Crippen LogP contribution in [0.3, 0.4) is 0 Å². The van der Waals surface area contributed by atoms with Crippen LogP contribution in [0, 0.1) is 0 Å². The van der Waals surface area contributed by atoms with Crippen molar-refractivity contribution in [2.45, 2.75) is 26.2 Å². The zero-order valence-corrected chi connectivity index (χ0v) is 8.99. The van der Waals surface area contributed by atoms with Gasteiger partial charge >= 0.3 is 6.01 Å². The minimum absolute atomic E-state index is 0.00869. The van der Waals surface area contributed by atoms with E-state index in [0.717, 1.165) is 12.8 Å². The van der Waals surface area contributed by atoms with Crippen LogP contribution in [-0.2, 0) is 4.79 Å². The molecule has 0 aliphatic heterocycles. The van der Waals surface area contributed by atoms with Gasteiger partial charge in [-0.2, -0.15) is 0 Å². The zero-order valence-electron chi connectivity index (χ0n) is 8.99. The van der Waals surface area contributed by atoms with Crippen LogP contribution in [0.25, 0.3) is 0 Å². The lowest BCUT2D eigenvalue weighted by atomic mass is 10.2. The van der Waals surface area contributed by atoms with E-state index in [9.17, 15) is 4.79 Å². The zero-order chi connectivity index (χ0) is 11.1. The largest absolute Gasteiger partial charge is 0.467 e. The Balaban J connectivity index is 2.46. The Bertz CT molecular complexity index is 311. The SMILES string of the molecule is CCCCC(=O)Nc1cnc(OC)nc1. The molecule has 1 heterocycles. The molecule has 0 fully saturated rings. The quantitative estimate of drug-likeness (QED) is 0.800. The number of carbonyl (C=O) groups excluding carboxylic acids is 1. The molecule has 0 atom stereocenters. The fourth-order valence-corrected chi connectivity index (χ4v) is 1.05. The summed E-state index contributed by atoms with van der Waals surface area (Å²) in [6.45, 7) is 2.05. The van der Waals surface area contributed by atoms with Crippen LogP contribution in [0.4, 0.5) is 5.69 Å². The molecule has 82 valence electrons. The van der Waals surface area contributed by atoms with Gasteiger partial charge in [-0.1, -0.05) is 13.3 Å². The first-order valence-corrected chi connectivity index (χ1v) is 4.92. The Labute approximate surface area is 88.9 Å². The molecule has 1 rings (SSSR count). The van der Waals surface area contributed by atoms with Gasteiger partial charge in [0.15, 0.2) is 0 Å². The van der Waals surface area contributed by atoms with Gasteiger partial charge in [-0.15, -0.1) is 0 Å². The van der Waals surface area contributed by atoms with E-state index in [0.29, 0.717) is 18.1 Å². The Hall–Kier alpha value is -1.65. The maximum absolute atomic E-state index is 11.3. The van der Waals surface area contributed by atoms with E-state index in [1.807, 2.05) is 6.92 Å². The summed E-state index contributed by atoms with van der Waals surface area (Å²) >= 11 is 0. The second-order valence-electron chi connectivity index (χ2n) is 3.11. The minimum Gasteiger partial charge on any atom is -0.467 e. The normalized spacial score (nSPS) is 9.73. The van der Waals surface area contributed by atoms with Gasteiger partial charge in [-0.25, -0.2) is 9.97 Å². The molecule has 0 saturated carbocycles. The Kier molecular flexibility index (Phi) is 4.53. The summed E-state index contributed by atoms with van der Waals surface area (Å²) in [6.07, 6.45) is 5.48. The summed E-state index contributed by atoms with van der Waals surface area (Å²) in [5, 5.41) is 2.71. The maximum Gasteiger partial charge on any atom is 0.316 e. The summed E-state index contributed by atoms with van der Waals surface area (Å²) in [6, 6.07) is 0.293. The molecule has 0 aliphatic carbocycles. The summed E-state index contributed by atoms with van der Waals surface area (Å²) in [5.74, 6) is -0.00869. The number of carbonyl (C=O) groups is 1. The summed E-state index contributed by atoms with van der Waals surface area (Å²) < 4.78 is 4.80. The number of aromatic nitrogens is 2. The topological polar surface area (TPSA) is 64.1 Å². The van der Waals surface area contributed by atoms with Crippen LogP contribution in [0.5, 0.6) is 6.01 Å². The average Bonchev–Trinajstić information content (AvgIpc) is 2.27. The molecular weight excluding hydrogens is 194 g/mol. The number of ether oxygens (including phenoxy) is 1. The number of hydrogen-bond acceptors (Lipinski definition) is 4. The molecule has 0 spiro atoms. The molecule has 0 aliphatic rings. The highest BCUT2D eigenvalue weighted by Gasteiger charge is 2.02. The van der Waals surface area contributed by atoms with Crippen LogP contribution in [-0.4, -0.2) is 23.0 Å². The van der Waals surface area contributed by atoms with Gasteiger partial charge in [-0.05, 0) is 6.42 Å².